The molecule has 132 valence electrons. The van der Waals surface area contributed by atoms with Crippen LogP contribution in [0.15, 0.2) is 58.7 Å². The van der Waals surface area contributed by atoms with Gasteiger partial charge in [-0.2, -0.15) is 5.10 Å². The Labute approximate surface area is 150 Å². The monoisotopic (exact) mass is 348 g/mol. The molecule has 1 heterocycles. The number of H-pyrrole nitrogens is 1. The van der Waals surface area contributed by atoms with E-state index in [-0.39, 0.29) is 11.9 Å². The summed E-state index contributed by atoms with van der Waals surface area (Å²) in [6, 6.07) is 15.1. The number of nitrogens with two attached hydrogens (primary N) is 2. The fourth-order valence-corrected chi connectivity index (χ4v) is 2.55. The lowest BCUT2D eigenvalue weighted by Gasteiger charge is -2.05. The third-order valence-corrected chi connectivity index (χ3v) is 3.90. The molecule has 6 N–H and O–H groups in total. The Bertz CT molecular complexity index is 1010. The van der Waals surface area contributed by atoms with E-state index in [1.807, 2.05) is 43.3 Å². The van der Waals surface area contributed by atoms with E-state index >= 15 is 0 Å². The van der Waals surface area contributed by atoms with Gasteiger partial charge >= 0.3 is 0 Å². The van der Waals surface area contributed by atoms with E-state index in [4.69, 9.17) is 11.5 Å². The highest BCUT2D eigenvalue weighted by atomic mass is 16.1. The summed E-state index contributed by atoms with van der Waals surface area (Å²) < 4.78 is 0. The molecule has 0 saturated heterocycles. The van der Waals surface area contributed by atoms with Crippen molar-refractivity contribution < 1.29 is 4.79 Å². The van der Waals surface area contributed by atoms with E-state index in [0.717, 1.165) is 22.0 Å². The Balaban J connectivity index is 1.74. The van der Waals surface area contributed by atoms with E-state index < -0.39 is 0 Å². The van der Waals surface area contributed by atoms with Crippen LogP contribution in [0.2, 0.25) is 0 Å². The second kappa shape index (κ2) is 7.10. The lowest BCUT2D eigenvalue weighted by Crippen LogP contribution is -2.22. The number of amides is 1. The van der Waals surface area contributed by atoms with Crippen LogP contribution >= 0.6 is 0 Å². The highest BCUT2D eigenvalue weighted by molar-refractivity contribution is 6.06. The largest absolute Gasteiger partial charge is 0.369 e. The normalized spacial score (nSPS) is 11.4. The van der Waals surface area contributed by atoms with E-state index in [1.54, 1.807) is 19.1 Å². The van der Waals surface area contributed by atoms with Crippen molar-refractivity contribution in [2.75, 3.05) is 5.32 Å². The van der Waals surface area contributed by atoms with Gasteiger partial charge in [0.05, 0.1) is 5.71 Å². The molecular formula is C19H20N6O. The fourth-order valence-electron chi connectivity index (χ4n) is 2.55. The number of hydrogen-bond donors (Lipinski definition) is 4. The van der Waals surface area contributed by atoms with Crippen LogP contribution in [0.4, 0.5) is 5.69 Å². The van der Waals surface area contributed by atoms with Gasteiger partial charge in [0.15, 0.2) is 0 Å². The number of aromatic nitrogens is 1. The molecular weight excluding hydrogens is 328 g/mol. The molecule has 0 aliphatic carbocycles. The molecule has 1 aromatic heterocycles. The third-order valence-electron chi connectivity index (χ3n) is 3.90. The smallest absolute Gasteiger partial charge is 0.272 e. The second-order valence-electron chi connectivity index (χ2n) is 6.02. The molecule has 0 saturated carbocycles. The minimum Gasteiger partial charge on any atom is -0.369 e. The van der Waals surface area contributed by atoms with Gasteiger partial charge in [0, 0.05) is 16.6 Å². The van der Waals surface area contributed by atoms with Crippen molar-refractivity contribution in [3.63, 3.8) is 0 Å². The fraction of sp³-hybridized carbons (Fsp3) is 0.105. The van der Waals surface area contributed by atoms with Crippen LogP contribution in [0, 0.1) is 6.92 Å². The summed E-state index contributed by atoms with van der Waals surface area (Å²) in [7, 11) is 0. The molecule has 2 aromatic carbocycles. The third kappa shape index (κ3) is 3.89. The summed E-state index contributed by atoms with van der Waals surface area (Å²) in [6.07, 6.45) is 0. The first-order valence-electron chi connectivity index (χ1n) is 8.07. The van der Waals surface area contributed by atoms with Crippen LogP contribution in [0.3, 0.4) is 0 Å². The molecule has 0 unspecified atom stereocenters. The summed E-state index contributed by atoms with van der Waals surface area (Å²) in [4.78, 5) is 15.6. The van der Waals surface area contributed by atoms with Gasteiger partial charge in [-0.05, 0) is 49.2 Å². The second-order valence-corrected chi connectivity index (χ2v) is 6.02. The first-order valence-corrected chi connectivity index (χ1v) is 8.07. The van der Waals surface area contributed by atoms with Gasteiger partial charge in [-0.25, -0.2) is 0 Å². The van der Waals surface area contributed by atoms with Crippen molar-refractivity contribution in [2.45, 2.75) is 13.8 Å². The van der Waals surface area contributed by atoms with Crippen LogP contribution in [0.1, 0.15) is 28.5 Å². The van der Waals surface area contributed by atoms with Crippen molar-refractivity contribution in [1.29, 1.82) is 0 Å². The van der Waals surface area contributed by atoms with Crippen molar-refractivity contribution >= 4 is 34.2 Å². The zero-order valence-electron chi connectivity index (χ0n) is 14.6. The Kier molecular flexibility index (Phi) is 4.70. The molecule has 0 aliphatic rings. The maximum atomic E-state index is 12.5. The highest BCUT2D eigenvalue weighted by Crippen LogP contribution is 2.18. The van der Waals surface area contributed by atoms with Crippen molar-refractivity contribution in [3.8, 4) is 0 Å². The van der Waals surface area contributed by atoms with Gasteiger partial charge in [-0.15, -0.1) is 5.10 Å². The van der Waals surface area contributed by atoms with E-state index in [2.05, 4.69) is 20.5 Å². The molecule has 3 aromatic rings. The number of aryl methyl sites for hydroxylation is 1. The summed E-state index contributed by atoms with van der Waals surface area (Å²) in [6.45, 7) is 3.81. The summed E-state index contributed by atoms with van der Waals surface area (Å²) >= 11 is 0. The Morgan fingerprint density at radius 2 is 1.77 bits per heavy atom. The Morgan fingerprint density at radius 1 is 1.04 bits per heavy atom. The minimum absolute atomic E-state index is 0.0956. The summed E-state index contributed by atoms with van der Waals surface area (Å²) in [5, 5.41) is 11.4. The van der Waals surface area contributed by atoms with Crippen LogP contribution < -0.4 is 16.8 Å². The molecule has 0 aliphatic heterocycles. The van der Waals surface area contributed by atoms with Crippen LogP contribution in [0.25, 0.3) is 10.9 Å². The zero-order chi connectivity index (χ0) is 18.7. The number of fused-ring (bicyclic) bond motifs is 1. The van der Waals surface area contributed by atoms with Crippen molar-refractivity contribution in [2.24, 2.45) is 21.7 Å². The maximum absolute atomic E-state index is 12.5. The Morgan fingerprint density at radius 3 is 2.46 bits per heavy atom. The number of nitrogens with zero attached hydrogens (tertiary/aromatic N) is 2. The van der Waals surface area contributed by atoms with Crippen molar-refractivity contribution in [3.05, 3.63) is 65.4 Å². The van der Waals surface area contributed by atoms with Crippen LogP contribution in [-0.4, -0.2) is 22.6 Å². The van der Waals surface area contributed by atoms with Crippen LogP contribution in [0.5, 0.6) is 0 Å². The molecule has 3 rings (SSSR count). The number of anilines is 1. The van der Waals surface area contributed by atoms with E-state index in [1.165, 1.54) is 0 Å². The first-order chi connectivity index (χ1) is 12.4. The predicted molar refractivity (Wildman–Crippen MR) is 105 cm³/mol. The van der Waals surface area contributed by atoms with Gasteiger partial charge in [0.25, 0.3) is 5.91 Å². The molecule has 0 atom stereocenters. The minimum atomic E-state index is -0.197. The first kappa shape index (κ1) is 17.2. The van der Waals surface area contributed by atoms with Gasteiger partial charge in [-0.1, -0.05) is 24.3 Å². The number of nitrogens with one attached hydrogen (secondary N) is 2. The zero-order valence-corrected chi connectivity index (χ0v) is 14.6. The molecule has 0 bridgehead atoms. The molecule has 1 amide bonds. The molecule has 0 radical (unpaired) electrons. The van der Waals surface area contributed by atoms with Crippen LogP contribution in [-0.2, 0) is 0 Å². The number of benzene rings is 2. The number of hydrogen-bond acceptors (Lipinski definition) is 3. The molecule has 7 nitrogen and oxygen atoms in total. The molecule has 0 spiro atoms. The average molecular weight is 348 g/mol. The quantitative estimate of drug-likeness (QED) is 0.329. The Hall–Kier alpha value is -3.61. The average Bonchev–Trinajstić information content (AvgIpc) is 3.03. The summed E-state index contributed by atoms with van der Waals surface area (Å²) in [5.74, 6) is -0.292. The lowest BCUT2D eigenvalue weighted by molar-refractivity contribution is 0.102. The maximum Gasteiger partial charge on any atom is 0.272 e. The lowest BCUT2D eigenvalue weighted by atomic mass is 10.1. The topological polar surface area (TPSA) is 122 Å². The molecule has 0 fully saturated rings. The van der Waals surface area contributed by atoms with Crippen molar-refractivity contribution in [1.82, 2.24) is 4.98 Å². The van der Waals surface area contributed by atoms with Gasteiger partial charge in [-0.3, -0.25) is 4.79 Å². The molecule has 26 heavy (non-hydrogen) atoms. The van der Waals surface area contributed by atoms with E-state index in [0.29, 0.717) is 17.1 Å². The SMILES string of the molecule is C/C(=N\N=C(N)N)c1ccc(NC(=O)c2cc3ccc(C)cc3[nH]2)cc1. The molecule has 7 heteroatoms. The number of aromatic amines is 1. The predicted octanol–water partition coefficient (Wildman–Crippen LogP) is 2.73. The number of guanidine groups is 1. The van der Waals surface area contributed by atoms with Gasteiger partial charge in [0.2, 0.25) is 5.96 Å². The number of carbonyl (C=O) groups is 1. The van der Waals surface area contributed by atoms with Gasteiger partial charge < -0.3 is 21.8 Å². The standard InChI is InChI=1S/C19H20N6O/c1-11-3-4-14-10-17(23-16(14)9-11)18(26)22-15-7-5-13(6-8-15)12(2)24-25-19(20)21/h3-10,23H,1-2H3,(H,22,26)(H4,20,21,25)/b24-12+. The van der Waals surface area contributed by atoms with E-state index in [9.17, 15) is 4.79 Å². The van der Waals surface area contributed by atoms with Gasteiger partial charge in [0.1, 0.15) is 5.69 Å². The number of rotatable bonds is 4. The highest BCUT2D eigenvalue weighted by Gasteiger charge is 2.10. The number of carbonyl (C=O) groups excluding carboxylic acids is 1. The summed E-state index contributed by atoms with van der Waals surface area (Å²) in [5.41, 5.74) is 15.3.